The predicted octanol–water partition coefficient (Wildman–Crippen LogP) is 2.83. The molecule has 0 bridgehead atoms. The van der Waals surface area contributed by atoms with Crippen molar-refractivity contribution in [3.8, 4) is 5.75 Å². The van der Waals surface area contributed by atoms with Crippen molar-refractivity contribution in [2.45, 2.75) is 24.9 Å². The Morgan fingerprint density at radius 1 is 1.14 bits per heavy atom. The van der Waals surface area contributed by atoms with Gasteiger partial charge in [-0.15, -0.1) is 0 Å². The number of methoxy groups -OCH3 is 1. The molecular weight excluding hydrogens is 390 g/mol. The Kier molecular flexibility index (Phi) is 5.28. The van der Waals surface area contributed by atoms with E-state index in [2.05, 4.69) is 5.32 Å². The summed E-state index contributed by atoms with van der Waals surface area (Å²) in [6.45, 7) is 1.12. The molecule has 1 spiro atoms. The molecule has 7 heteroatoms. The van der Waals surface area contributed by atoms with Crippen molar-refractivity contribution < 1.29 is 14.3 Å². The largest absolute Gasteiger partial charge is 0.497 e. The summed E-state index contributed by atoms with van der Waals surface area (Å²) in [5.74, 6) is 0.675. The second-order valence-corrected chi connectivity index (χ2v) is 7.80. The fraction of sp³-hybridized carbons (Fsp3) is 0.318. The van der Waals surface area contributed by atoms with E-state index in [1.165, 1.54) is 0 Å². The SMILES string of the molecule is COc1ccc(CC(=O)N2CCC3(CC2)N=C(c2ccc(Cl)cc2)C(=O)N3)cc1. The minimum absolute atomic E-state index is 0.0799. The number of piperidine rings is 1. The van der Waals surface area contributed by atoms with Crippen LogP contribution < -0.4 is 10.1 Å². The van der Waals surface area contributed by atoms with Gasteiger partial charge in [-0.2, -0.15) is 0 Å². The van der Waals surface area contributed by atoms with Crippen molar-refractivity contribution in [3.63, 3.8) is 0 Å². The van der Waals surface area contributed by atoms with Crippen molar-refractivity contribution in [2.75, 3.05) is 20.2 Å². The number of nitrogens with one attached hydrogen (secondary N) is 1. The minimum atomic E-state index is -0.622. The molecule has 150 valence electrons. The number of halogens is 1. The first kappa shape index (κ1) is 19.5. The summed E-state index contributed by atoms with van der Waals surface area (Å²) in [4.78, 5) is 31.7. The smallest absolute Gasteiger partial charge is 0.272 e. The van der Waals surface area contributed by atoms with E-state index in [9.17, 15) is 9.59 Å². The van der Waals surface area contributed by atoms with Gasteiger partial charge in [0.25, 0.3) is 5.91 Å². The fourth-order valence-electron chi connectivity index (χ4n) is 3.76. The Balaban J connectivity index is 1.40. The second kappa shape index (κ2) is 7.87. The van der Waals surface area contributed by atoms with Gasteiger partial charge < -0.3 is 15.0 Å². The molecule has 6 nitrogen and oxygen atoms in total. The highest BCUT2D eigenvalue weighted by molar-refractivity contribution is 6.47. The summed E-state index contributed by atoms with van der Waals surface area (Å²) >= 11 is 5.93. The summed E-state index contributed by atoms with van der Waals surface area (Å²) in [5.41, 5.74) is 1.51. The highest BCUT2D eigenvalue weighted by Gasteiger charge is 2.42. The highest BCUT2D eigenvalue weighted by Crippen LogP contribution is 2.29. The first-order valence-corrected chi connectivity index (χ1v) is 9.95. The van der Waals surface area contributed by atoms with Crippen molar-refractivity contribution >= 4 is 29.1 Å². The number of nitrogens with zero attached hydrogens (tertiary/aromatic N) is 2. The third-order valence-corrected chi connectivity index (χ3v) is 5.71. The van der Waals surface area contributed by atoms with Crippen molar-refractivity contribution in [2.24, 2.45) is 4.99 Å². The van der Waals surface area contributed by atoms with Crippen LogP contribution in [0.4, 0.5) is 0 Å². The molecule has 0 unspecified atom stereocenters. The lowest BCUT2D eigenvalue weighted by molar-refractivity contribution is -0.132. The Morgan fingerprint density at radius 3 is 2.41 bits per heavy atom. The summed E-state index contributed by atoms with van der Waals surface area (Å²) in [6.07, 6.45) is 1.55. The average Bonchev–Trinajstić information content (AvgIpc) is 3.05. The van der Waals surface area contributed by atoms with Gasteiger partial charge in [0.05, 0.1) is 13.5 Å². The van der Waals surface area contributed by atoms with Crippen LogP contribution in [-0.4, -0.2) is 48.3 Å². The number of likely N-dealkylation sites (tertiary alicyclic amines) is 1. The van der Waals surface area contributed by atoms with Crippen molar-refractivity contribution in [1.82, 2.24) is 10.2 Å². The van der Waals surface area contributed by atoms with Crippen LogP contribution in [0.15, 0.2) is 53.5 Å². The first-order chi connectivity index (χ1) is 14.0. The molecule has 2 aromatic rings. The molecule has 0 saturated carbocycles. The zero-order chi connectivity index (χ0) is 20.4. The van der Waals surface area contributed by atoms with Gasteiger partial charge in [0.1, 0.15) is 17.1 Å². The molecular formula is C22H22ClN3O3. The molecule has 1 N–H and O–H groups in total. The van der Waals surface area contributed by atoms with E-state index in [1.54, 1.807) is 31.4 Å². The molecule has 29 heavy (non-hydrogen) atoms. The Hall–Kier alpha value is -2.86. The van der Waals surface area contributed by atoms with Crippen LogP contribution >= 0.6 is 11.6 Å². The number of ether oxygens (including phenoxy) is 1. The zero-order valence-corrected chi connectivity index (χ0v) is 16.9. The van der Waals surface area contributed by atoms with Gasteiger partial charge >= 0.3 is 0 Å². The Morgan fingerprint density at radius 2 is 1.79 bits per heavy atom. The number of benzene rings is 2. The lowest BCUT2D eigenvalue weighted by Crippen LogP contribution is -2.52. The van der Waals surface area contributed by atoms with Crippen LogP contribution in [0, 0.1) is 0 Å². The number of carbonyl (C=O) groups is 2. The maximum absolute atomic E-state index is 12.7. The van der Waals surface area contributed by atoms with Crippen LogP contribution in [0.1, 0.15) is 24.0 Å². The van der Waals surface area contributed by atoms with E-state index in [4.69, 9.17) is 21.3 Å². The average molecular weight is 412 g/mol. The standard InChI is InChI=1S/C22H22ClN3O3/c1-29-18-8-2-15(3-9-18)14-19(27)26-12-10-22(11-13-26)24-20(21(28)25-22)16-4-6-17(23)7-5-16/h2-9H,10-14H2,1H3,(H,25,28). The topological polar surface area (TPSA) is 71.0 Å². The third kappa shape index (κ3) is 4.12. The number of aliphatic imine (C=N–C) groups is 1. The van der Waals surface area contributed by atoms with Crippen molar-refractivity contribution in [1.29, 1.82) is 0 Å². The van der Waals surface area contributed by atoms with Gasteiger partial charge in [-0.25, -0.2) is 0 Å². The monoisotopic (exact) mass is 411 g/mol. The van der Waals surface area contributed by atoms with Crippen LogP contribution in [0.5, 0.6) is 5.75 Å². The van der Waals surface area contributed by atoms with E-state index >= 15 is 0 Å². The van der Waals surface area contributed by atoms with Crippen LogP contribution in [0.2, 0.25) is 5.02 Å². The number of hydrogen-bond donors (Lipinski definition) is 1. The molecule has 2 aliphatic rings. The van der Waals surface area contributed by atoms with Gasteiger partial charge in [-0.3, -0.25) is 14.6 Å². The normalized spacial score (nSPS) is 17.8. The van der Waals surface area contributed by atoms with Crippen molar-refractivity contribution in [3.05, 3.63) is 64.7 Å². The van der Waals surface area contributed by atoms with Gasteiger partial charge in [-0.05, 0) is 29.8 Å². The quantitative estimate of drug-likeness (QED) is 0.840. The molecule has 0 radical (unpaired) electrons. The third-order valence-electron chi connectivity index (χ3n) is 5.46. The van der Waals surface area contributed by atoms with Gasteiger partial charge in [0.15, 0.2) is 0 Å². The maximum atomic E-state index is 12.7. The number of carbonyl (C=O) groups excluding carboxylic acids is 2. The molecule has 0 aromatic heterocycles. The molecule has 0 aliphatic carbocycles. The number of amides is 2. The fourth-order valence-corrected chi connectivity index (χ4v) is 3.89. The Bertz CT molecular complexity index is 946. The van der Waals surface area contributed by atoms with Crippen LogP contribution in [-0.2, 0) is 16.0 Å². The minimum Gasteiger partial charge on any atom is -0.497 e. The Labute approximate surface area is 174 Å². The van der Waals surface area contributed by atoms with E-state index in [0.29, 0.717) is 43.1 Å². The summed E-state index contributed by atoms with van der Waals surface area (Å²) in [5, 5.41) is 3.64. The zero-order valence-electron chi connectivity index (χ0n) is 16.2. The van der Waals surface area contributed by atoms with Gasteiger partial charge in [-0.1, -0.05) is 35.9 Å². The molecule has 2 aliphatic heterocycles. The molecule has 1 fully saturated rings. The lowest BCUT2D eigenvalue weighted by atomic mass is 9.97. The van der Waals surface area contributed by atoms with Crippen LogP contribution in [0.25, 0.3) is 0 Å². The van der Waals surface area contributed by atoms with E-state index in [1.807, 2.05) is 29.2 Å². The number of rotatable bonds is 4. The molecule has 2 aromatic carbocycles. The molecule has 2 amide bonds. The van der Waals surface area contributed by atoms with Crippen LogP contribution in [0.3, 0.4) is 0 Å². The molecule has 0 atom stereocenters. The number of hydrogen-bond acceptors (Lipinski definition) is 4. The van der Waals surface area contributed by atoms with E-state index in [0.717, 1.165) is 16.9 Å². The summed E-state index contributed by atoms with van der Waals surface area (Å²) in [7, 11) is 1.62. The first-order valence-electron chi connectivity index (χ1n) is 9.57. The predicted molar refractivity (Wildman–Crippen MR) is 111 cm³/mol. The van der Waals surface area contributed by atoms with E-state index < -0.39 is 5.66 Å². The summed E-state index contributed by atoms with van der Waals surface area (Å²) < 4.78 is 5.15. The lowest BCUT2D eigenvalue weighted by Gasteiger charge is -2.37. The maximum Gasteiger partial charge on any atom is 0.272 e. The molecule has 4 rings (SSSR count). The molecule has 1 saturated heterocycles. The summed E-state index contributed by atoms with van der Waals surface area (Å²) in [6, 6.07) is 14.6. The van der Waals surface area contributed by atoms with E-state index in [-0.39, 0.29) is 11.8 Å². The molecule has 2 heterocycles. The van der Waals surface area contributed by atoms with Gasteiger partial charge in [0, 0.05) is 36.5 Å². The second-order valence-electron chi connectivity index (χ2n) is 7.36. The highest BCUT2D eigenvalue weighted by atomic mass is 35.5. The van der Waals surface area contributed by atoms with Gasteiger partial charge in [0.2, 0.25) is 5.91 Å².